The monoisotopic (exact) mass is 473 g/mol. The molecule has 2 amide bonds. The number of benzene rings is 3. The number of rotatable bonds is 7. The first-order chi connectivity index (χ1) is 16.5. The van der Waals surface area contributed by atoms with Gasteiger partial charge in [-0.05, 0) is 78.9 Å². The SMILES string of the molecule is COc1ccc(N=C2NC(=O)/C(=C/c3ccc(OCC(=O)Nc4ccc(C)cc4)cc3)S2)cc1. The van der Waals surface area contributed by atoms with E-state index in [1.165, 1.54) is 11.8 Å². The molecule has 0 radical (unpaired) electrons. The molecule has 7 nitrogen and oxygen atoms in total. The molecule has 1 aliphatic heterocycles. The number of ether oxygens (including phenoxy) is 2. The van der Waals surface area contributed by atoms with Gasteiger partial charge in [-0.15, -0.1) is 0 Å². The molecule has 2 N–H and O–H groups in total. The predicted molar refractivity (Wildman–Crippen MR) is 136 cm³/mol. The van der Waals surface area contributed by atoms with Gasteiger partial charge in [0, 0.05) is 5.69 Å². The lowest BCUT2D eigenvalue weighted by molar-refractivity contribution is -0.118. The lowest BCUT2D eigenvalue weighted by atomic mass is 10.2. The maximum Gasteiger partial charge on any atom is 0.264 e. The normalized spacial score (nSPS) is 15.3. The van der Waals surface area contributed by atoms with Crippen molar-refractivity contribution in [1.82, 2.24) is 5.32 Å². The minimum atomic E-state index is -0.238. The van der Waals surface area contributed by atoms with E-state index in [0.29, 0.717) is 15.8 Å². The number of nitrogens with one attached hydrogen (secondary N) is 2. The minimum absolute atomic E-state index is 0.0994. The van der Waals surface area contributed by atoms with E-state index in [0.717, 1.165) is 28.3 Å². The number of carbonyl (C=O) groups is 2. The number of amidine groups is 1. The van der Waals surface area contributed by atoms with Crippen LogP contribution in [0.15, 0.2) is 82.7 Å². The van der Waals surface area contributed by atoms with Crippen molar-refractivity contribution >= 4 is 46.2 Å². The zero-order valence-electron chi connectivity index (χ0n) is 18.7. The molecular weight excluding hydrogens is 450 g/mol. The van der Waals surface area contributed by atoms with Crippen LogP contribution in [-0.4, -0.2) is 30.7 Å². The molecule has 0 atom stereocenters. The van der Waals surface area contributed by atoms with E-state index >= 15 is 0 Å². The van der Waals surface area contributed by atoms with E-state index in [1.807, 2.05) is 67.6 Å². The molecular formula is C26H23N3O4S. The number of aliphatic imine (C=N–C) groups is 1. The third kappa shape index (κ3) is 6.26. The molecule has 0 aliphatic carbocycles. The van der Waals surface area contributed by atoms with E-state index in [1.54, 1.807) is 25.3 Å². The fourth-order valence-corrected chi connectivity index (χ4v) is 3.89. The third-order valence-electron chi connectivity index (χ3n) is 4.84. The third-order valence-corrected chi connectivity index (χ3v) is 5.75. The van der Waals surface area contributed by atoms with Crippen molar-refractivity contribution in [3.05, 3.63) is 88.8 Å². The summed E-state index contributed by atoms with van der Waals surface area (Å²) in [7, 11) is 1.60. The van der Waals surface area contributed by atoms with E-state index in [4.69, 9.17) is 9.47 Å². The minimum Gasteiger partial charge on any atom is -0.497 e. The molecule has 0 bridgehead atoms. The molecule has 3 aromatic rings. The smallest absolute Gasteiger partial charge is 0.264 e. The summed E-state index contributed by atoms with van der Waals surface area (Å²) in [5, 5.41) is 6.08. The lowest BCUT2D eigenvalue weighted by Crippen LogP contribution is -2.20. The average Bonchev–Trinajstić information content (AvgIpc) is 3.19. The number of hydrogen-bond acceptors (Lipinski definition) is 6. The van der Waals surface area contributed by atoms with E-state index in [-0.39, 0.29) is 18.4 Å². The summed E-state index contributed by atoms with van der Waals surface area (Å²) in [4.78, 5) is 29.4. The van der Waals surface area contributed by atoms with Crippen LogP contribution in [0.1, 0.15) is 11.1 Å². The summed E-state index contributed by atoms with van der Waals surface area (Å²) >= 11 is 1.27. The largest absolute Gasteiger partial charge is 0.497 e. The van der Waals surface area contributed by atoms with Gasteiger partial charge in [0.1, 0.15) is 11.5 Å². The van der Waals surface area contributed by atoms with Crippen molar-refractivity contribution in [2.75, 3.05) is 19.0 Å². The maximum atomic E-state index is 12.3. The predicted octanol–water partition coefficient (Wildman–Crippen LogP) is 4.91. The van der Waals surface area contributed by atoms with Crippen molar-refractivity contribution in [3.8, 4) is 11.5 Å². The standard InChI is InChI=1S/C26H23N3O4S/c1-17-3-7-19(8-4-17)27-24(30)16-33-22-11-5-18(6-12-22)15-23-25(31)29-26(34-23)28-20-9-13-21(32-2)14-10-20/h3-15H,16H2,1-2H3,(H,27,30)(H,28,29,31)/b23-15-. The molecule has 0 spiro atoms. The second-order valence-electron chi connectivity index (χ2n) is 7.45. The molecule has 0 saturated carbocycles. The van der Waals surface area contributed by atoms with Gasteiger partial charge in [-0.1, -0.05) is 29.8 Å². The summed E-state index contributed by atoms with van der Waals surface area (Å²) in [6.45, 7) is 1.89. The molecule has 0 unspecified atom stereocenters. The van der Waals surface area contributed by atoms with Crippen LogP contribution in [-0.2, 0) is 9.59 Å². The van der Waals surface area contributed by atoms with Gasteiger partial charge in [0.25, 0.3) is 11.8 Å². The number of amides is 2. The fraction of sp³-hybridized carbons (Fsp3) is 0.115. The molecule has 3 aromatic carbocycles. The van der Waals surface area contributed by atoms with Crippen molar-refractivity contribution in [2.24, 2.45) is 4.99 Å². The molecule has 1 heterocycles. The Bertz CT molecular complexity index is 1230. The van der Waals surface area contributed by atoms with Gasteiger partial charge in [-0.25, -0.2) is 4.99 Å². The molecule has 34 heavy (non-hydrogen) atoms. The molecule has 1 saturated heterocycles. The number of hydrogen-bond donors (Lipinski definition) is 2. The van der Waals surface area contributed by atoms with Crippen LogP contribution in [0, 0.1) is 6.92 Å². The van der Waals surface area contributed by atoms with Crippen LogP contribution in [0.4, 0.5) is 11.4 Å². The number of aryl methyl sites for hydroxylation is 1. The van der Waals surface area contributed by atoms with Gasteiger partial charge >= 0.3 is 0 Å². The summed E-state index contributed by atoms with van der Waals surface area (Å²) < 4.78 is 10.7. The zero-order valence-corrected chi connectivity index (χ0v) is 19.5. The molecule has 8 heteroatoms. The van der Waals surface area contributed by atoms with Gasteiger partial charge in [0.15, 0.2) is 11.8 Å². The quantitative estimate of drug-likeness (QED) is 0.476. The van der Waals surface area contributed by atoms with Gasteiger partial charge in [0.2, 0.25) is 0 Å². The Balaban J connectivity index is 1.32. The van der Waals surface area contributed by atoms with Gasteiger partial charge in [-0.2, -0.15) is 0 Å². The molecule has 1 fully saturated rings. The molecule has 4 rings (SSSR count). The molecule has 172 valence electrons. The van der Waals surface area contributed by atoms with E-state index in [9.17, 15) is 9.59 Å². The number of carbonyl (C=O) groups excluding carboxylic acids is 2. The van der Waals surface area contributed by atoms with Crippen molar-refractivity contribution < 1.29 is 19.1 Å². The van der Waals surface area contributed by atoms with Crippen LogP contribution < -0.4 is 20.1 Å². The highest BCUT2D eigenvalue weighted by Gasteiger charge is 2.23. The van der Waals surface area contributed by atoms with Crippen molar-refractivity contribution in [2.45, 2.75) is 6.92 Å². The second kappa shape index (κ2) is 10.7. The Labute approximate surface area is 201 Å². The summed E-state index contributed by atoms with van der Waals surface area (Å²) in [5.74, 6) is 0.863. The zero-order chi connectivity index (χ0) is 23.9. The summed E-state index contributed by atoms with van der Waals surface area (Å²) in [5.41, 5.74) is 3.40. The number of anilines is 1. The average molecular weight is 474 g/mol. The Kier molecular flexibility index (Phi) is 7.29. The highest BCUT2D eigenvalue weighted by atomic mass is 32.2. The number of thioether (sulfide) groups is 1. The van der Waals surface area contributed by atoms with E-state index < -0.39 is 0 Å². The van der Waals surface area contributed by atoms with Crippen molar-refractivity contribution in [1.29, 1.82) is 0 Å². The van der Waals surface area contributed by atoms with Crippen LogP contribution in [0.3, 0.4) is 0 Å². The Morgan fingerprint density at radius 2 is 1.68 bits per heavy atom. The van der Waals surface area contributed by atoms with Gasteiger partial charge < -0.3 is 20.1 Å². The Morgan fingerprint density at radius 1 is 1.00 bits per heavy atom. The van der Waals surface area contributed by atoms with Crippen molar-refractivity contribution in [3.63, 3.8) is 0 Å². The molecule has 1 aliphatic rings. The first-order valence-electron chi connectivity index (χ1n) is 10.5. The summed E-state index contributed by atoms with van der Waals surface area (Å²) in [6.07, 6.45) is 1.78. The lowest BCUT2D eigenvalue weighted by Gasteiger charge is -2.08. The highest BCUT2D eigenvalue weighted by Crippen LogP contribution is 2.29. The van der Waals surface area contributed by atoms with Crippen LogP contribution in [0.25, 0.3) is 6.08 Å². The first-order valence-corrected chi connectivity index (χ1v) is 11.3. The van der Waals surface area contributed by atoms with E-state index in [2.05, 4.69) is 15.6 Å². The molecule has 0 aromatic heterocycles. The number of methoxy groups -OCH3 is 1. The topological polar surface area (TPSA) is 89.0 Å². The highest BCUT2D eigenvalue weighted by molar-refractivity contribution is 8.18. The van der Waals surface area contributed by atoms with Crippen LogP contribution in [0.5, 0.6) is 11.5 Å². The van der Waals surface area contributed by atoms with Crippen LogP contribution in [0.2, 0.25) is 0 Å². The fourth-order valence-electron chi connectivity index (χ4n) is 3.05. The first kappa shape index (κ1) is 23.1. The Morgan fingerprint density at radius 3 is 2.35 bits per heavy atom. The maximum absolute atomic E-state index is 12.3. The van der Waals surface area contributed by atoms with Gasteiger partial charge in [0.05, 0.1) is 17.7 Å². The summed E-state index contributed by atoms with van der Waals surface area (Å²) in [6, 6.07) is 22.0. The second-order valence-corrected chi connectivity index (χ2v) is 8.48. The van der Waals surface area contributed by atoms with Gasteiger partial charge in [-0.3, -0.25) is 9.59 Å². The Hall–Kier alpha value is -4.04. The van der Waals surface area contributed by atoms with Crippen LogP contribution >= 0.6 is 11.8 Å². The number of nitrogens with zero attached hydrogens (tertiary/aromatic N) is 1.